The predicted molar refractivity (Wildman–Crippen MR) is 72.7 cm³/mol. The molecule has 0 bridgehead atoms. The van der Waals surface area contributed by atoms with Crippen LogP contribution in [0.1, 0.15) is 25.3 Å². The second kappa shape index (κ2) is 5.87. The van der Waals surface area contributed by atoms with E-state index in [1.165, 1.54) is 0 Å². The van der Waals surface area contributed by atoms with E-state index in [0.29, 0.717) is 0 Å². The highest BCUT2D eigenvalue weighted by Crippen LogP contribution is 2.26. The van der Waals surface area contributed by atoms with Gasteiger partial charge in [-0.25, -0.2) is 0 Å². The molecule has 18 heavy (non-hydrogen) atoms. The molecule has 98 valence electrons. The second-order valence-electron chi connectivity index (χ2n) is 4.66. The monoisotopic (exact) mass is 248 g/mol. The number of hydrogen-bond donors (Lipinski definition) is 1. The van der Waals surface area contributed by atoms with Crippen LogP contribution in [0.15, 0.2) is 29.4 Å². The summed E-state index contributed by atoms with van der Waals surface area (Å²) in [4.78, 5) is 2.31. The fraction of sp³-hybridized carbons (Fsp3) is 0.500. The van der Waals surface area contributed by atoms with E-state index in [4.69, 9.17) is 9.94 Å². The van der Waals surface area contributed by atoms with Crippen LogP contribution < -0.4 is 4.90 Å². The number of hydrogen-bond acceptors (Lipinski definition) is 4. The minimum absolute atomic E-state index is 0.186. The first-order chi connectivity index (χ1) is 8.76. The molecule has 2 rings (SSSR count). The molecule has 1 aliphatic heterocycles. The molecule has 4 heteroatoms. The van der Waals surface area contributed by atoms with Gasteiger partial charge < -0.3 is 14.8 Å². The molecule has 0 spiro atoms. The van der Waals surface area contributed by atoms with Gasteiger partial charge in [-0.05, 0) is 25.8 Å². The van der Waals surface area contributed by atoms with E-state index in [9.17, 15) is 0 Å². The number of benzene rings is 1. The molecule has 4 nitrogen and oxygen atoms in total. The molecule has 1 heterocycles. The lowest BCUT2D eigenvalue weighted by atomic mass is 10.1. The Balaban J connectivity index is 2.33. The minimum atomic E-state index is 0.186. The van der Waals surface area contributed by atoms with Gasteiger partial charge in [-0.3, -0.25) is 0 Å². The molecule has 0 fully saturated rings. The summed E-state index contributed by atoms with van der Waals surface area (Å²) in [5, 5.41) is 12.6. The summed E-state index contributed by atoms with van der Waals surface area (Å²) in [6.07, 6.45) is 1.99. The lowest BCUT2D eigenvalue weighted by Crippen LogP contribution is -2.32. The fourth-order valence-corrected chi connectivity index (χ4v) is 2.36. The highest BCUT2D eigenvalue weighted by molar-refractivity contribution is 6.05. The van der Waals surface area contributed by atoms with Crippen LogP contribution in [0.4, 0.5) is 5.69 Å². The Morgan fingerprint density at radius 1 is 1.44 bits per heavy atom. The van der Waals surface area contributed by atoms with E-state index in [1.807, 2.05) is 18.2 Å². The van der Waals surface area contributed by atoms with E-state index in [-0.39, 0.29) is 6.10 Å². The lowest BCUT2D eigenvalue weighted by Gasteiger charge is -2.27. The van der Waals surface area contributed by atoms with Crippen LogP contribution in [0.25, 0.3) is 0 Å². The molecule has 1 aliphatic rings. The molecule has 0 aromatic heterocycles. The topological polar surface area (TPSA) is 45.1 Å². The van der Waals surface area contributed by atoms with Gasteiger partial charge in [0.25, 0.3) is 0 Å². The maximum Gasteiger partial charge on any atom is 0.0889 e. The summed E-state index contributed by atoms with van der Waals surface area (Å²) in [6, 6.07) is 8.09. The maximum absolute atomic E-state index is 9.12. The number of fused-ring (bicyclic) bond motifs is 1. The first kappa shape index (κ1) is 12.9. The summed E-state index contributed by atoms with van der Waals surface area (Å²) < 4.78 is 5.34. The number of methoxy groups -OCH3 is 1. The molecule has 0 saturated heterocycles. The zero-order valence-electron chi connectivity index (χ0n) is 11.0. The normalized spacial score (nSPS) is 19.4. The van der Waals surface area contributed by atoms with Gasteiger partial charge in [0.15, 0.2) is 0 Å². The van der Waals surface area contributed by atoms with Crippen LogP contribution in [0.5, 0.6) is 0 Å². The fourth-order valence-electron chi connectivity index (χ4n) is 2.36. The molecule has 0 radical (unpaired) electrons. The van der Waals surface area contributed by atoms with Crippen molar-refractivity contribution in [2.24, 2.45) is 5.16 Å². The maximum atomic E-state index is 9.12. The van der Waals surface area contributed by atoms with Crippen LogP contribution in [0, 0.1) is 0 Å². The van der Waals surface area contributed by atoms with Gasteiger partial charge in [-0.1, -0.05) is 23.4 Å². The average molecular weight is 248 g/mol. The highest BCUT2D eigenvalue weighted by atomic mass is 16.5. The Kier molecular flexibility index (Phi) is 4.20. The third-order valence-electron chi connectivity index (χ3n) is 3.40. The number of nitrogens with zero attached hydrogens (tertiary/aromatic N) is 2. The van der Waals surface area contributed by atoms with Crippen LogP contribution in [-0.2, 0) is 4.74 Å². The van der Waals surface area contributed by atoms with Crippen molar-refractivity contribution >= 4 is 11.4 Å². The Labute approximate surface area is 108 Å². The largest absolute Gasteiger partial charge is 0.411 e. The van der Waals surface area contributed by atoms with Crippen molar-refractivity contribution in [2.45, 2.75) is 25.9 Å². The number of para-hydroxylation sites is 1. The van der Waals surface area contributed by atoms with E-state index < -0.39 is 0 Å². The number of rotatable bonds is 3. The van der Waals surface area contributed by atoms with Gasteiger partial charge in [0.2, 0.25) is 0 Å². The van der Waals surface area contributed by atoms with Crippen molar-refractivity contribution in [3.63, 3.8) is 0 Å². The Morgan fingerprint density at radius 3 is 2.94 bits per heavy atom. The van der Waals surface area contributed by atoms with Gasteiger partial charge in [0.05, 0.1) is 11.8 Å². The van der Waals surface area contributed by atoms with Crippen molar-refractivity contribution in [2.75, 3.05) is 25.1 Å². The van der Waals surface area contributed by atoms with Crippen molar-refractivity contribution in [1.82, 2.24) is 0 Å². The minimum Gasteiger partial charge on any atom is -0.411 e. The SMILES string of the molecule is COC(C)CN1CCC/C(=N/O)c2ccccc21. The molecular formula is C14H20N2O2. The zero-order valence-corrected chi connectivity index (χ0v) is 11.0. The van der Waals surface area contributed by atoms with E-state index >= 15 is 0 Å². The Morgan fingerprint density at radius 2 is 2.22 bits per heavy atom. The summed E-state index contributed by atoms with van der Waals surface area (Å²) >= 11 is 0. The summed E-state index contributed by atoms with van der Waals surface area (Å²) in [5.74, 6) is 0. The summed E-state index contributed by atoms with van der Waals surface area (Å²) in [6.45, 7) is 3.88. The van der Waals surface area contributed by atoms with Gasteiger partial charge >= 0.3 is 0 Å². The molecule has 1 atom stereocenters. The van der Waals surface area contributed by atoms with Gasteiger partial charge in [-0.15, -0.1) is 0 Å². The summed E-state index contributed by atoms with van der Waals surface area (Å²) in [7, 11) is 1.73. The molecule has 1 N–H and O–H groups in total. The van der Waals surface area contributed by atoms with Crippen molar-refractivity contribution in [1.29, 1.82) is 0 Å². The first-order valence-electron chi connectivity index (χ1n) is 6.34. The molecular weight excluding hydrogens is 228 g/mol. The van der Waals surface area contributed by atoms with Crippen molar-refractivity contribution in [3.05, 3.63) is 29.8 Å². The molecule has 1 unspecified atom stereocenters. The van der Waals surface area contributed by atoms with Crippen LogP contribution in [0.2, 0.25) is 0 Å². The molecule has 1 aromatic carbocycles. The van der Waals surface area contributed by atoms with E-state index in [1.54, 1.807) is 7.11 Å². The number of anilines is 1. The number of oxime groups is 1. The van der Waals surface area contributed by atoms with Gasteiger partial charge in [0, 0.05) is 31.5 Å². The molecule has 1 aromatic rings. The van der Waals surface area contributed by atoms with E-state index in [2.05, 4.69) is 23.0 Å². The molecule has 0 amide bonds. The smallest absolute Gasteiger partial charge is 0.0889 e. The van der Waals surface area contributed by atoms with Crippen LogP contribution in [-0.4, -0.2) is 37.2 Å². The quantitative estimate of drug-likeness (QED) is 0.660. The number of ether oxygens (including phenoxy) is 1. The Bertz CT molecular complexity index is 432. The third kappa shape index (κ3) is 2.64. The first-order valence-corrected chi connectivity index (χ1v) is 6.34. The summed E-state index contributed by atoms with van der Waals surface area (Å²) in [5.41, 5.74) is 2.94. The molecule has 0 saturated carbocycles. The third-order valence-corrected chi connectivity index (χ3v) is 3.40. The van der Waals surface area contributed by atoms with Crippen molar-refractivity contribution < 1.29 is 9.94 Å². The second-order valence-corrected chi connectivity index (χ2v) is 4.66. The van der Waals surface area contributed by atoms with Gasteiger partial charge in [0.1, 0.15) is 0 Å². The standard InChI is InChI=1S/C14H20N2O2/c1-11(18-2)10-16-9-5-7-13(15-17)12-6-3-4-8-14(12)16/h3-4,6,8,11,17H,5,7,9-10H2,1-2H3/b15-13-. The highest BCUT2D eigenvalue weighted by Gasteiger charge is 2.20. The van der Waals surface area contributed by atoms with Gasteiger partial charge in [-0.2, -0.15) is 0 Å². The average Bonchev–Trinajstić information content (AvgIpc) is 2.58. The Hall–Kier alpha value is -1.55. The van der Waals surface area contributed by atoms with Crippen LogP contribution >= 0.6 is 0 Å². The predicted octanol–water partition coefficient (Wildman–Crippen LogP) is 2.50. The van der Waals surface area contributed by atoms with Crippen molar-refractivity contribution in [3.8, 4) is 0 Å². The lowest BCUT2D eigenvalue weighted by molar-refractivity contribution is 0.123. The zero-order chi connectivity index (χ0) is 13.0. The van der Waals surface area contributed by atoms with E-state index in [0.717, 1.165) is 42.9 Å². The van der Waals surface area contributed by atoms with Crippen LogP contribution in [0.3, 0.4) is 0 Å². The molecule has 0 aliphatic carbocycles.